The molecule has 7 nitrogen and oxygen atoms in total. The number of nitrogens with zero attached hydrogens (tertiary/aromatic N) is 2. The van der Waals surface area contributed by atoms with Gasteiger partial charge in [0.1, 0.15) is 12.6 Å². The van der Waals surface area contributed by atoms with Crippen LogP contribution in [0.2, 0.25) is 0 Å². The highest BCUT2D eigenvalue weighted by molar-refractivity contribution is 7.92. The number of hydrogen-bond donors (Lipinski definition) is 1. The standard InChI is InChI=1S/C26H37N3O4S/c1-18-11-9-14-22(15-18)16-28(21(4)25(31)27-26(5,6)7)23(30)17-29(34(8,32)33)24-19(2)12-10-13-20(24)3/h9-15,21H,16-17H2,1-8H3,(H,27,31). The second-order valence-electron chi connectivity index (χ2n) is 9.94. The van der Waals surface area contributed by atoms with Crippen LogP contribution < -0.4 is 9.62 Å². The third kappa shape index (κ3) is 7.32. The fourth-order valence-corrected chi connectivity index (χ4v) is 4.80. The summed E-state index contributed by atoms with van der Waals surface area (Å²) in [4.78, 5) is 28.1. The Morgan fingerprint density at radius 1 is 1.00 bits per heavy atom. The predicted molar refractivity (Wildman–Crippen MR) is 137 cm³/mol. The van der Waals surface area contributed by atoms with Gasteiger partial charge < -0.3 is 10.2 Å². The lowest BCUT2D eigenvalue weighted by Gasteiger charge is -2.33. The molecule has 0 bridgehead atoms. The van der Waals surface area contributed by atoms with Crippen molar-refractivity contribution in [3.05, 3.63) is 64.7 Å². The van der Waals surface area contributed by atoms with Crippen LogP contribution in [0.1, 0.15) is 49.9 Å². The van der Waals surface area contributed by atoms with E-state index >= 15 is 0 Å². The zero-order valence-electron chi connectivity index (χ0n) is 21.5. The zero-order valence-corrected chi connectivity index (χ0v) is 22.3. The third-order valence-electron chi connectivity index (χ3n) is 5.47. The lowest BCUT2D eigenvalue weighted by molar-refractivity contribution is -0.140. The molecule has 1 atom stereocenters. The van der Waals surface area contributed by atoms with E-state index in [1.165, 1.54) is 4.90 Å². The Bertz CT molecular complexity index is 1130. The minimum Gasteiger partial charge on any atom is -0.350 e. The topological polar surface area (TPSA) is 86.8 Å². The summed E-state index contributed by atoms with van der Waals surface area (Å²) in [5, 5.41) is 2.92. The lowest BCUT2D eigenvalue weighted by atomic mass is 10.1. The molecule has 0 radical (unpaired) electrons. The molecule has 186 valence electrons. The first-order valence-electron chi connectivity index (χ1n) is 11.3. The van der Waals surface area contributed by atoms with Crippen molar-refractivity contribution in [3.8, 4) is 0 Å². The first-order valence-corrected chi connectivity index (χ1v) is 13.2. The first-order chi connectivity index (χ1) is 15.6. The molecule has 2 amide bonds. The van der Waals surface area contributed by atoms with E-state index in [-0.39, 0.29) is 12.5 Å². The molecular formula is C26H37N3O4S. The molecule has 0 saturated heterocycles. The Labute approximate surface area is 204 Å². The van der Waals surface area contributed by atoms with E-state index in [2.05, 4.69) is 5.32 Å². The van der Waals surface area contributed by atoms with Crippen LogP contribution in [0.15, 0.2) is 42.5 Å². The van der Waals surface area contributed by atoms with Crippen molar-refractivity contribution in [2.45, 2.75) is 66.6 Å². The molecule has 0 aliphatic heterocycles. The Morgan fingerprint density at radius 3 is 2.06 bits per heavy atom. The van der Waals surface area contributed by atoms with Gasteiger partial charge >= 0.3 is 0 Å². The largest absolute Gasteiger partial charge is 0.350 e. The van der Waals surface area contributed by atoms with E-state index in [0.717, 1.165) is 32.8 Å². The smallest absolute Gasteiger partial charge is 0.244 e. The fraction of sp³-hybridized carbons (Fsp3) is 0.462. The molecule has 0 aromatic heterocycles. The number of carbonyl (C=O) groups is 2. The molecule has 0 aliphatic carbocycles. The number of para-hydroxylation sites is 1. The Morgan fingerprint density at radius 2 is 1.56 bits per heavy atom. The summed E-state index contributed by atoms with van der Waals surface area (Å²) >= 11 is 0. The van der Waals surface area contributed by atoms with Crippen molar-refractivity contribution in [2.75, 3.05) is 17.1 Å². The highest BCUT2D eigenvalue weighted by Crippen LogP contribution is 2.27. The number of carbonyl (C=O) groups excluding carboxylic acids is 2. The van der Waals surface area contributed by atoms with Gasteiger partial charge in [-0.15, -0.1) is 0 Å². The van der Waals surface area contributed by atoms with Crippen molar-refractivity contribution in [3.63, 3.8) is 0 Å². The van der Waals surface area contributed by atoms with Gasteiger partial charge in [-0.3, -0.25) is 13.9 Å². The average Bonchev–Trinajstić information content (AvgIpc) is 2.68. The summed E-state index contributed by atoms with van der Waals surface area (Å²) in [6, 6.07) is 12.4. The molecule has 8 heteroatoms. The van der Waals surface area contributed by atoms with E-state index in [9.17, 15) is 18.0 Å². The number of sulfonamides is 1. The Balaban J connectivity index is 2.47. The van der Waals surface area contributed by atoms with Crippen LogP contribution in [0.4, 0.5) is 5.69 Å². The van der Waals surface area contributed by atoms with Gasteiger partial charge in [-0.25, -0.2) is 8.42 Å². The SMILES string of the molecule is Cc1cccc(CN(C(=O)CN(c2c(C)cccc2C)S(C)(=O)=O)C(C)C(=O)NC(C)(C)C)c1. The zero-order chi connectivity index (χ0) is 25.8. The summed E-state index contributed by atoms with van der Waals surface area (Å²) in [6.45, 7) is 12.7. The number of nitrogens with one attached hydrogen (secondary N) is 1. The second kappa shape index (κ2) is 10.6. The minimum absolute atomic E-state index is 0.184. The molecule has 0 heterocycles. The van der Waals surface area contributed by atoms with Crippen LogP contribution in [0, 0.1) is 20.8 Å². The lowest BCUT2D eigenvalue weighted by Crippen LogP contribution is -2.54. The van der Waals surface area contributed by atoms with Crippen molar-refractivity contribution < 1.29 is 18.0 Å². The van der Waals surface area contributed by atoms with Crippen LogP contribution in [0.5, 0.6) is 0 Å². The van der Waals surface area contributed by atoms with Gasteiger partial charge in [0, 0.05) is 12.1 Å². The van der Waals surface area contributed by atoms with Gasteiger partial charge in [0.25, 0.3) is 0 Å². The number of rotatable bonds is 8. The molecule has 1 N–H and O–H groups in total. The average molecular weight is 488 g/mol. The molecule has 0 aliphatic rings. The van der Waals surface area contributed by atoms with Crippen molar-refractivity contribution >= 4 is 27.5 Å². The normalized spacial score (nSPS) is 12.7. The molecule has 2 aromatic carbocycles. The van der Waals surface area contributed by atoms with Crippen LogP contribution in [0.25, 0.3) is 0 Å². The third-order valence-corrected chi connectivity index (χ3v) is 6.58. The maximum absolute atomic E-state index is 13.6. The van der Waals surface area contributed by atoms with Gasteiger partial charge in [0.05, 0.1) is 11.9 Å². The summed E-state index contributed by atoms with van der Waals surface area (Å²) in [7, 11) is -3.76. The fourth-order valence-electron chi connectivity index (χ4n) is 3.84. The van der Waals surface area contributed by atoms with E-state index in [0.29, 0.717) is 5.69 Å². The summed E-state index contributed by atoms with van der Waals surface area (Å²) < 4.78 is 26.7. The molecule has 0 spiro atoms. The summed E-state index contributed by atoms with van der Waals surface area (Å²) in [5.74, 6) is -0.752. The molecule has 34 heavy (non-hydrogen) atoms. The van der Waals surface area contributed by atoms with E-state index in [1.807, 2.05) is 84.0 Å². The molecule has 0 saturated carbocycles. The van der Waals surface area contributed by atoms with Crippen molar-refractivity contribution in [1.82, 2.24) is 10.2 Å². The molecule has 2 rings (SSSR count). The molecule has 1 unspecified atom stereocenters. The number of benzene rings is 2. The molecule has 2 aromatic rings. The molecular weight excluding hydrogens is 450 g/mol. The number of anilines is 1. The monoisotopic (exact) mass is 487 g/mol. The first kappa shape index (κ1) is 27.4. The maximum atomic E-state index is 13.6. The number of amides is 2. The second-order valence-corrected chi connectivity index (χ2v) is 11.8. The van der Waals surface area contributed by atoms with Gasteiger partial charge in [-0.2, -0.15) is 0 Å². The van der Waals surface area contributed by atoms with Crippen LogP contribution in [-0.2, 0) is 26.2 Å². The highest BCUT2D eigenvalue weighted by Gasteiger charge is 2.32. The maximum Gasteiger partial charge on any atom is 0.244 e. The van der Waals surface area contributed by atoms with E-state index in [1.54, 1.807) is 6.92 Å². The number of aryl methyl sites for hydroxylation is 3. The van der Waals surface area contributed by atoms with Gasteiger partial charge in [-0.1, -0.05) is 48.0 Å². The van der Waals surface area contributed by atoms with Crippen LogP contribution in [0.3, 0.4) is 0 Å². The van der Waals surface area contributed by atoms with Crippen molar-refractivity contribution in [2.24, 2.45) is 0 Å². The summed E-state index contributed by atoms with van der Waals surface area (Å²) in [5.41, 5.74) is 3.41. The van der Waals surface area contributed by atoms with Gasteiger partial charge in [0.2, 0.25) is 21.8 Å². The Hall–Kier alpha value is -2.87. The van der Waals surface area contributed by atoms with E-state index < -0.39 is 34.1 Å². The van der Waals surface area contributed by atoms with Gasteiger partial charge in [-0.05, 0) is 65.2 Å². The molecule has 0 fully saturated rings. The summed E-state index contributed by atoms with van der Waals surface area (Å²) in [6.07, 6.45) is 1.09. The quantitative estimate of drug-likeness (QED) is 0.615. The number of hydrogen-bond acceptors (Lipinski definition) is 4. The van der Waals surface area contributed by atoms with Crippen molar-refractivity contribution in [1.29, 1.82) is 0 Å². The highest BCUT2D eigenvalue weighted by atomic mass is 32.2. The van der Waals surface area contributed by atoms with Crippen LogP contribution in [-0.4, -0.2) is 49.5 Å². The van der Waals surface area contributed by atoms with E-state index in [4.69, 9.17) is 0 Å². The van der Waals surface area contributed by atoms with Crippen LogP contribution >= 0.6 is 0 Å². The predicted octanol–water partition coefficient (Wildman–Crippen LogP) is 3.71. The minimum atomic E-state index is -3.76. The van der Waals surface area contributed by atoms with Gasteiger partial charge in [0.15, 0.2) is 0 Å². The Kier molecular flexibility index (Phi) is 8.53.